The number of esters is 1. The Morgan fingerprint density at radius 3 is 1.68 bits per heavy atom. The molecule has 0 aliphatic carbocycles. The highest BCUT2D eigenvalue weighted by molar-refractivity contribution is 5.76. The van der Waals surface area contributed by atoms with Crippen molar-refractivity contribution in [3.63, 3.8) is 0 Å². The summed E-state index contributed by atoms with van der Waals surface area (Å²) < 4.78 is 36.2. The molecule has 0 spiro atoms. The Morgan fingerprint density at radius 1 is 0.700 bits per heavy atom. The minimum Gasteiger partial charge on any atom is -0.468 e. The third-order valence-electron chi connectivity index (χ3n) is 5.89. The number of carbonyl (C=O) groups is 4. The third kappa shape index (κ3) is 13.0. The molecule has 0 aliphatic heterocycles. The predicted octanol–water partition coefficient (Wildman–Crippen LogP) is 5.33. The van der Waals surface area contributed by atoms with E-state index in [0.717, 1.165) is 0 Å². The molecule has 0 radical (unpaired) electrons. The quantitative estimate of drug-likeness (QED) is 0.165. The van der Waals surface area contributed by atoms with Gasteiger partial charge in [-0.3, -0.25) is 4.79 Å². The minimum absolute atomic E-state index is 0.0671. The van der Waals surface area contributed by atoms with Gasteiger partial charge in [0, 0.05) is 6.54 Å². The van der Waals surface area contributed by atoms with E-state index in [1.807, 2.05) is 20.8 Å². The normalized spacial score (nSPS) is 14.5. The summed E-state index contributed by atoms with van der Waals surface area (Å²) in [7, 11) is 1.25. The summed E-state index contributed by atoms with van der Waals surface area (Å²) in [5.74, 6) is -0.729. The van der Waals surface area contributed by atoms with E-state index in [4.69, 9.17) is 33.2 Å². The van der Waals surface area contributed by atoms with Crippen LogP contribution >= 0.6 is 0 Å². The monoisotopic (exact) mass is 569 g/mol. The fourth-order valence-electron chi connectivity index (χ4n) is 2.97. The number of nitrogens with one attached hydrogen (secondary N) is 1. The maximum atomic E-state index is 12.5. The molecule has 226 valence electrons. The van der Waals surface area contributed by atoms with Crippen LogP contribution in [-0.2, 0) is 34.9 Å². The van der Waals surface area contributed by atoms with Gasteiger partial charge in [-0.05, 0) is 71.1 Å². The molecule has 4 unspecified atom stereocenters. The van der Waals surface area contributed by atoms with Gasteiger partial charge in [0.15, 0.2) is 11.5 Å². The minimum atomic E-state index is -0.982. The molecule has 0 saturated heterocycles. The number of hydrogen-bond acceptors (Lipinski definition) is 12. The fraction of sp³-hybridized carbons (Fsp3) is 0.643. The third-order valence-corrected chi connectivity index (χ3v) is 5.89. The molecule has 1 aromatic rings. The van der Waals surface area contributed by atoms with E-state index in [2.05, 4.69) is 5.32 Å². The van der Waals surface area contributed by atoms with Crippen LogP contribution in [0.3, 0.4) is 0 Å². The lowest BCUT2D eigenvalue weighted by Crippen LogP contribution is -2.43. The van der Waals surface area contributed by atoms with Gasteiger partial charge in [-0.1, -0.05) is 26.8 Å². The second kappa shape index (κ2) is 17.9. The van der Waals surface area contributed by atoms with Crippen LogP contribution < -0.4 is 14.8 Å². The molecule has 0 bridgehead atoms. The Hall–Kier alpha value is -3.54. The maximum absolute atomic E-state index is 12.5. The number of benzene rings is 1. The molecule has 0 amide bonds. The molecule has 1 aromatic carbocycles. The summed E-state index contributed by atoms with van der Waals surface area (Å²) in [6, 6.07) is 3.62. The van der Waals surface area contributed by atoms with E-state index < -0.39 is 42.7 Å². The first-order chi connectivity index (χ1) is 18.9. The molecule has 12 heteroatoms. The van der Waals surface area contributed by atoms with Crippen LogP contribution in [0.1, 0.15) is 73.3 Å². The van der Waals surface area contributed by atoms with Gasteiger partial charge in [0.05, 0.1) is 7.11 Å². The number of ether oxygens (including phenoxy) is 7. The lowest BCUT2D eigenvalue weighted by molar-refractivity contribution is -0.143. The van der Waals surface area contributed by atoms with Crippen molar-refractivity contribution in [2.75, 3.05) is 13.7 Å². The first-order valence-corrected chi connectivity index (χ1v) is 13.5. The highest BCUT2D eigenvalue weighted by atomic mass is 16.8. The summed E-state index contributed by atoms with van der Waals surface area (Å²) in [5, 5.41) is 3.02. The van der Waals surface area contributed by atoms with Crippen molar-refractivity contribution in [3.8, 4) is 11.5 Å². The number of rotatable bonds is 15. The van der Waals surface area contributed by atoms with E-state index in [-0.39, 0.29) is 36.7 Å². The number of hydrogen-bond donors (Lipinski definition) is 1. The lowest BCUT2D eigenvalue weighted by Gasteiger charge is -2.21. The van der Waals surface area contributed by atoms with Gasteiger partial charge in [0.25, 0.3) is 0 Å². The van der Waals surface area contributed by atoms with Crippen LogP contribution in [0.15, 0.2) is 18.2 Å². The van der Waals surface area contributed by atoms with Crippen molar-refractivity contribution in [2.45, 2.75) is 105 Å². The van der Waals surface area contributed by atoms with E-state index >= 15 is 0 Å². The zero-order chi connectivity index (χ0) is 30.2. The molecule has 0 saturated carbocycles. The van der Waals surface area contributed by atoms with E-state index in [9.17, 15) is 19.2 Å². The average Bonchev–Trinajstić information content (AvgIpc) is 2.91. The largest absolute Gasteiger partial charge is 0.514 e. The van der Waals surface area contributed by atoms with Crippen LogP contribution in [0.25, 0.3) is 0 Å². The average molecular weight is 570 g/mol. The summed E-state index contributed by atoms with van der Waals surface area (Å²) in [6.45, 7) is 12.5. The predicted molar refractivity (Wildman–Crippen MR) is 144 cm³/mol. The summed E-state index contributed by atoms with van der Waals surface area (Å²) in [4.78, 5) is 48.9. The van der Waals surface area contributed by atoms with Gasteiger partial charge >= 0.3 is 24.4 Å². The Bertz CT molecular complexity index is 968. The van der Waals surface area contributed by atoms with Crippen LogP contribution in [0, 0.1) is 0 Å². The molecule has 40 heavy (non-hydrogen) atoms. The van der Waals surface area contributed by atoms with Crippen molar-refractivity contribution < 1.29 is 52.3 Å². The Morgan fingerprint density at radius 2 is 1.18 bits per heavy atom. The number of methoxy groups -OCH3 is 1. The number of carbonyl (C=O) groups excluding carboxylic acids is 4. The van der Waals surface area contributed by atoms with E-state index in [1.165, 1.54) is 19.2 Å². The molecule has 1 rings (SSSR count). The van der Waals surface area contributed by atoms with E-state index in [0.29, 0.717) is 24.8 Å². The molecule has 5 atom stereocenters. The van der Waals surface area contributed by atoms with Gasteiger partial charge in [0.1, 0.15) is 30.5 Å². The highest BCUT2D eigenvalue weighted by Crippen LogP contribution is 2.30. The molecule has 0 aliphatic rings. The molecule has 12 nitrogen and oxygen atoms in total. The summed E-state index contributed by atoms with van der Waals surface area (Å²) in [6.07, 6.45) is -2.48. The Kier molecular flexibility index (Phi) is 15.5. The second-order valence-corrected chi connectivity index (χ2v) is 9.36. The lowest BCUT2D eigenvalue weighted by atomic mass is 10.0. The van der Waals surface area contributed by atoms with Gasteiger partial charge in [0.2, 0.25) is 0 Å². The SMILES string of the molecule is CCC(C)OC(=O)Oc1ccc(C[C@H](NCC(C)OC(=O)OC(C)CC)C(=O)OC)cc1OC(=O)OC(C)CC. The van der Waals surface area contributed by atoms with Crippen LogP contribution in [0.5, 0.6) is 11.5 Å². The van der Waals surface area contributed by atoms with Gasteiger partial charge in [-0.15, -0.1) is 0 Å². The molecule has 1 N–H and O–H groups in total. The van der Waals surface area contributed by atoms with Crippen LogP contribution in [0.2, 0.25) is 0 Å². The van der Waals surface area contributed by atoms with Crippen molar-refractivity contribution >= 4 is 24.4 Å². The second-order valence-electron chi connectivity index (χ2n) is 9.36. The first-order valence-electron chi connectivity index (χ1n) is 13.5. The van der Waals surface area contributed by atoms with E-state index in [1.54, 1.807) is 33.8 Å². The van der Waals surface area contributed by atoms with Gasteiger partial charge in [-0.25, -0.2) is 14.4 Å². The Balaban J connectivity index is 3.06. The zero-order valence-electron chi connectivity index (χ0n) is 24.6. The molecular formula is C28H43NO11. The van der Waals surface area contributed by atoms with Crippen molar-refractivity contribution in [2.24, 2.45) is 0 Å². The van der Waals surface area contributed by atoms with Crippen LogP contribution in [0.4, 0.5) is 14.4 Å². The van der Waals surface area contributed by atoms with Crippen molar-refractivity contribution in [1.29, 1.82) is 0 Å². The topological polar surface area (TPSA) is 145 Å². The van der Waals surface area contributed by atoms with Gasteiger partial charge in [-0.2, -0.15) is 0 Å². The summed E-state index contributed by atoms with van der Waals surface area (Å²) in [5.41, 5.74) is 0.543. The van der Waals surface area contributed by atoms with Crippen molar-refractivity contribution in [1.82, 2.24) is 5.32 Å². The Labute approximate surface area is 235 Å². The van der Waals surface area contributed by atoms with Crippen LogP contribution in [-0.4, -0.2) is 68.5 Å². The summed E-state index contributed by atoms with van der Waals surface area (Å²) >= 11 is 0. The molecule has 0 heterocycles. The smallest absolute Gasteiger partial charge is 0.468 e. The molecule has 0 aromatic heterocycles. The molecule has 0 fully saturated rings. The standard InChI is InChI=1S/C28H43NO11/c1-9-17(4)35-26(31)38-20(7)16-29-22(25(30)34-8)14-21-12-13-23(39-27(32)36-18(5)10-2)24(15-21)40-28(33)37-19(6)11-3/h12-13,15,17-20,22,29H,9-11,14,16H2,1-8H3/t17?,18?,19?,20?,22-/m0/s1. The van der Waals surface area contributed by atoms with Crippen molar-refractivity contribution in [3.05, 3.63) is 23.8 Å². The first kappa shape index (κ1) is 34.5. The fourth-order valence-corrected chi connectivity index (χ4v) is 2.97. The maximum Gasteiger partial charge on any atom is 0.514 e. The highest BCUT2D eigenvalue weighted by Gasteiger charge is 2.24. The van der Waals surface area contributed by atoms with Gasteiger partial charge < -0.3 is 38.5 Å². The molecular weight excluding hydrogens is 526 g/mol. The zero-order valence-corrected chi connectivity index (χ0v) is 24.6.